The van der Waals surface area contributed by atoms with Gasteiger partial charge in [0.1, 0.15) is 6.04 Å². The summed E-state index contributed by atoms with van der Waals surface area (Å²) in [5.74, 6) is -0.158. The number of hydrogen-bond acceptors (Lipinski definition) is 3. The summed E-state index contributed by atoms with van der Waals surface area (Å²) in [6.45, 7) is 1.35. The molecule has 10 heavy (non-hydrogen) atoms. The number of carbonyl (C=O) groups is 2. The van der Waals surface area contributed by atoms with Gasteiger partial charge in [-0.15, -0.1) is 0 Å². The summed E-state index contributed by atoms with van der Waals surface area (Å²) in [6.07, 6.45) is 0.737. The molecule has 4 nitrogen and oxygen atoms in total. The second kappa shape index (κ2) is 4.93. The monoisotopic (exact) mass is 145 g/mol. The molecule has 0 bridgehead atoms. The number of aliphatic hydroxyl groups is 1. The predicted molar refractivity (Wildman–Crippen MR) is 35.4 cm³/mol. The van der Waals surface area contributed by atoms with Gasteiger partial charge in [0.25, 0.3) is 0 Å². The van der Waals surface area contributed by atoms with Gasteiger partial charge in [-0.1, -0.05) is 6.92 Å². The van der Waals surface area contributed by atoms with Crippen LogP contribution in [0.15, 0.2) is 0 Å². The van der Waals surface area contributed by atoms with Crippen LogP contribution in [0.1, 0.15) is 13.3 Å². The van der Waals surface area contributed by atoms with Crippen LogP contribution in [0.4, 0.5) is 0 Å². The summed E-state index contributed by atoms with van der Waals surface area (Å²) in [5.41, 5.74) is 0. The van der Waals surface area contributed by atoms with Crippen LogP contribution >= 0.6 is 0 Å². The van der Waals surface area contributed by atoms with Crippen LogP contribution in [0, 0.1) is 0 Å². The summed E-state index contributed by atoms with van der Waals surface area (Å²) in [7, 11) is 0. The zero-order valence-electron chi connectivity index (χ0n) is 5.83. The second-order valence-electron chi connectivity index (χ2n) is 1.84. The molecule has 0 rings (SSSR count). The molecule has 0 aliphatic heterocycles. The third-order valence-electron chi connectivity index (χ3n) is 1.19. The minimum atomic E-state index is -0.720. The van der Waals surface area contributed by atoms with Gasteiger partial charge in [-0.3, -0.25) is 9.59 Å². The van der Waals surface area contributed by atoms with Crippen molar-refractivity contribution in [2.24, 2.45) is 0 Å². The lowest BCUT2D eigenvalue weighted by Crippen LogP contribution is -2.38. The standard InChI is InChI=1S/C6H11NO3/c1-2-6(10)5(3-8)7-4-9/h4-5,8H,2-3H2,1H3,(H,7,9). The van der Waals surface area contributed by atoms with E-state index in [0.29, 0.717) is 12.8 Å². The molecule has 0 saturated heterocycles. The summed E-state index contributed by atoms with van der Waals surface area (Å²) in [6, 6.07) is -0.720. The zero-order valence-corrected chi connectivity index (χ0v) is 5.83. The van der Waals surface area contributed by atoms with E-state index in [1.165, 1.54) is 0 Å². The normalized spacial score (nSPS) is 12.2. The van der Waals surface area contributed by atoms with Crippen LogP contribution in [0.2, 0.25) is 0 Å². The molecule has 0 saturated carbocycles. The zero-order chi connectivity index (χ0) is 7.98. The SMILES string of the molecule is CCC(=O)C(CO)NC=O. The molecule has 4 heteroatoms. The molecule has 0 spiro atoms. The van der Waals surface area contributed by atoms with Crippen molar-refractivity contribution in [1.82, 2.24) is 5.32 Å². The van der Waals surface area contributed by atoms with Crippen molar-refractivity contribution in [3.63, 3.8) is 0 Å². The molecule has 58 valence electrons. The van der Waals surface area contributed by atoms with Crippen molar-refractivity contribution in [1.29, 1.82) is 0 Å². The van der Waals surface area contributed by atoms with Gasteiger partial charge in [-0.25, -0.2) is 0 Å². The molecule has 2 N–H and O–H groups in total. The Bertz CT molecular complexity index is 124. The maximum atomic E-state index is 10.8. The Kier molecular flexibility index (Phi) is 4.49. The van der Waals surface area contributed by atoms with E-state index in [1.807, 2.05) is 0 Å². The average Bonchev–Trinajstić information content (AvgIpc) is 1.99. The van der Waals surface area contributed by atoms with Crippen molar-refractivity contribution in [3.8, 4) is 0 Å². The smallest absolute Gasteiger partial charge is 0.207 e. The minimum Gasteiger partial charge on any atom is -0.394 e. The maximum Gasteiger partial charge on any atom is 0.207 e. The Morgan fingerprint density at radius 2 is 2.40 bits per heavy atom. The van der Waals surface area contributed by atoms with Gasteiger partial charge in [-0.2, -0.15) is 0 Å². The van der Waals surface area contributed by atoms with Crippen LogP contribution in [0.25, 0.3) is 0 Å². The van der Waals surface area contributed by atoms with Crippen LogP contribution in [0.5, 0.6) is 0 Å². The first-order valence-corrected chi connectivity index (χ1v) is 3.09. The Labute approximate surface area is 59.2 Å². The second-order valence-corrected chi connectivity index (χ2v) is 1.84. The third kappa shape index (κ3) is 2.59. The first-order valence-electron chi connectivity index (χ1n) is 3.09. The summed E-state index contributed by atoms with van der Waals surface area (Å²) >= 11 is 0. The van der Waals surface area contributed by atoms with Gasteiger partial charge in [-0.05, 0) is 0 Å². The van der Waals surface area contributed by atoms with E-state index >= 15 is 0 Å². The Morgan fingerprint density at radius 3 is 2.70 bits per heavy atom. The minimum absolute atomic E-state index is 0.158. The van der Waals surface area contributed by atoms with Gasteiger partial charge in [0, 0.05) is 6.42 Å². The molecule has 1 unspecified atom stereocenters. The molecule has 1 atom stereocenters. The van der Waals surface area contributed by atoms with E-state index in [-0.39, 0.29) is 12.4 Å². The Morgan fingerprint density at radius 1 is 1.80 bits per heavy atom. The average molecular weight is 145 g/mol. The quantitative estimate of drug-likeness (QED) is 0.491. The van der Waals surface area contributed by atoms with E-state index in [0.717, 1.165) is 0 Å². The molecule has 0 heterocycles. The molecule has 0 radical (unpaired) electrons. The molecular formula is C6H11NO3. The van der Waals surface area contributed by atoms with Crippen LogP contribution in [0.3, 0.4) is 0 Å². The van der Waals surface area contributed by atoms with Crippen molar-refractivity contribution >= 4 is 12.2 Å². The van der Waals surface area contributed by atoms with Gasteiger partial charge in [0.15, 0.2) is 5.78 Å². The number of carbonyl (C=O) groups excluding carboxylic acids is 2. The number of aliphatic hydroxyl groups excluding tert-OH is 1. The van der Waals surface area contributed by atoms with E-state index in [2.05, 4.69) is 5.32 Å². The van der Waals surface area contributed by atoms with Crippen molar-refractivity contribution in [2.45, 2.75) is 19.4 Å². The number of nitrogens with one attached hydrogen (secondary N) is 1. The first kappa shape index (κ1) is 9.10. The van der Waals surface area contributed by atoms with Crippen LogP contribution in [-0.2, 0) is 9.59 Å². The van der Waals surface area contributed by atoms with Crippen molar-refractivity contribution in [3.05, 3.63) is 0 Å². The lowest BCUT2D eigenvalue weighted by molar-refractivity contribution is -0.124. The highest BCUT2D eigenvalue weighted by molar-refractivity contribution is 5.85. The highest BCUT2D eigenvalue weighted by Gasteiger charge is 2.12. The van der Waals surface area contributed by atoms with E-state index in [1.54, 1.807) is 6.92 Å². The third-order valence-corrected chi connectivity index (χ3v) is 1.19. The lowest BCUT2D eigenvalue weighted by Gasteiger charge is -2.08. The fourth-order valence-electron chi connectivity index (χ4n) is 0.576. The molecule has 0 aromatic carbocycles. The van der Waals surface area contributed by atoms with E-state index in [4.69, 9.17) is 5.11 Å². The maximum absolute atomic E-state index is 10.8. The fourth-order valence-corrected chi connectivity index (χ4v) is 0.576. The summed E-state index contributed by atoms with van der Waals surface area (Å²) in [5, 5.41) is 10.7. The van der Waals surface area contributed by atoms with Gasteiger partial charge >= 0.3 is 0 Å². The number of rotatable bonds is 5. The number of ketones is 1. The summed E-state index contributed by atoms with van der Waals surface area (Å²) in [4.78, 5) is 20.6. The topological polar surface area (TPSA) is 66.4 Å². The van der Waals surface area contributed by atoms with E-state index < -0.39 is 6.04 Å². The number of Topliss-reactive ketones (excluding diaryl/α,β-unsaturated/α-hetero) is 1. The molecule has 0 fully saturated rings. The van der Waals surface area contributed by atoms with E-state index in [9.17, 15) is 9.59 Å². The van der Waals surface area contributed by atoms with Crippen LogP contribution in [-0.4, -0.2) is 29.9 Å². The van der Waals surface area contributed by atoms with Gasteiger partial charge < -0.3 is 10.4 Å². The molecular weight excluding hydrogens is 134 g/mol. The number of hydrogen-bond donors (Lipinski definition) is 2. The highest BCUT2D eigenvalue weighted by Crippen LogP contribution is 1.88. The fraction of sp³-hybridized carbons (Fsp3) is 0.667. The van der Waals surface area contributed by atoms with Gasteiger partial charge in [0.2, 0.25) is 6.41 Å². The van der Waals surface area contributed by atoms with Crippen LogP contribution < -0.4 is 5.32 Å². The first-order chi connectivity index (χ1) is 4.76. The van der Waals surface area contributed by atoms with Crippen molar-refractivity contribution in [2.75, 3.05) is 6.61 Å². The Balaban J connectivity index is 3.79. The summed E-state index contributed by atoms with van der Waals surface area (Å²) < 4.78 is 0. The highest BCUT2D eigenvalue weighted by atomic mass is 16.3. The lowest BCUT2D eigenvalue weighted by atomic mass is 10.1. The predicted octanol–water partition coefficient (Wildman–Crippen LogP) is -0.928. The van der Waals surface area contributed by atoms with Crippen molar-refractivity contribution < 1.29 is 14.7 Å². The molecule has 0 aromatic rings. The largest absolute Gasteiger partial charge is 0.394 e. The molecule has 0 aliphatic carbocycles. The molecule has 1 amide bonds. The number of amides is 1. The molecule has 0 aliphatic rings. The molecule has 0 aromatic heterocycles. The Hall–Kier alpha value is -0.900. The van der Waals surface area contributed by atoms with Gasteiger partial charge in [0.05, 0.1) is 6.61 Å².